The lowest BCUT2D eigenvalue weighted by molar-refractivity contribution is -0.138. The van der Waals surface area contributed by atoms with Crippen molar-refractivity contribution < 1.29 is 37.1 Å². The van der Waals surface area contributed by atoms with Crippen molar-refractivity contribution in [1.82, 2.24) is 15.2 Å². The fourth-order valence-electron chi connectivity index (χ4n) is 6.86. The Balaban J connectivity index is 0.980. The van der Waals surface area contributed by atoms with Crippen molar-refractivity contribution in [2.75, 3.05) is 46.7 Å². The fraction of sp³-hybridized carbons (Fsp3) is 0.405. The van der Waals surface area contributed by atoms with Crippen LogP contribution in [0.3, 0.4) is 0 Å². The number of amides is 4. The summed E-state index contributed by atoms with van der Waals surface area (Å²) in [5.41, 5.74) is -2.42. The van der Waals surface area contributed by atoms with Crippen LogP contribution in [-0.4, -0.2) is 76.8 Å². The molecule has 3 N–H and O–H groups in total. The van der Waals surface area contributed by atoms with E-state index in [2.05, 4.69) is 38.5 Å². The molecule has 17 heteroatoms. The van der Waals surface area contributed by atoms with Crippen LogP contribution in [-0.2, 0) is 25.4 Å². The first kappa shape index (κ1) is 38.4. The van der Waals surface area contributed by atoms with Gasteiger partial charge in [-0.1, -0.05) is 6.07 Å². The number of imide groups is 1. The van der Waals surface area contributed by atoms with Gasteiger partial charge in [-0.3, -0.25) is 34.3 Å². The van der Waals surface area contributed by atoms with Crippen LogP contribution >= 0.6 is 12.6 Å². The summed E-state index contributed by atoms with van der Waals surface area (Å²) in [7, 11) is 0. The van der Waals surface area contributed by atoms with E-state index in [4.69, 9.17) is 10.00 Å². The van der Waals surface area contributed by atoms with Gasteiger partial charge in [0.1, 0.15) is 23.4 Å². The highest BCUT2D eigenvalue weighted by Crippen LogP contribution is 2.42. The Morgan fingerprint density at radius 2 is 1.76 bits per heavy atom. The Bertz CT molecular complexity index is 1960. The maximum atomic E-state index is 13.6. The van der Waals surface area contributed by atoms with E-state index in [0.29, 0.717) is 48.9 Å². The number of pyridine rings is 1. The van der Waals surface area contributed by atoms with E-state index in [-0.39, 0.29) is 42.3 Å². The van der Waals surface area contributed by atoms with E-state index in [1.165, 1.54) is 6.07 Å². The molecule has 4 heterocycles. The Kier molecular flexibility index (Phi) is 11.1. The van der Waals surface area contributed by atoms with Crippen LogP contribution in [0, 0.1) is 17.2 Å². The molecule has 0 radical (unpaired) electrons. The van der Waals surface area contributed by atoms with Crippen molar-refractivity contribution in [3.8, 4) is 11.8 Å². The zero-order valence-electron chi connectivity index (χ0n) is 29.5. The number of piperidine rings is 2. The van der Waals surface area contributed by atoms with Crippen molar-refractivity contribution in [1.29, 1.82) is 5.26 Å². The number of halogens is 3. The van der Waals surface area contributed by atoms with Crippen molar-refractivity contribution in [2.45, 2.75) is 62.8 Å². The van der Waals surface area contributed by atoms with Crippen LogP contribution in [0.4, 0.5) is 35.9 Å². The summed E-state index contributed by atoms with van der Waals surface area (Å²) in [5.74, 6) is -0.419. The molecule has 0 bridgehead atoms. The molecule has 3 aromatic rings. The Morgan fingerprint density at radius 1 is 1.06 bits per heavy atom. The van der Waals surface area contributed by atoms with E-state index in [0.717, 1.165) is 30.0 Å². The number of benzene rings is 2. The number of hydrogen-bond donors (Lipinski definition) is 4. The molecule has 2 atom stereocenters. The van der Waals surface area contributed by atoms with Crippen LogP contribution in [0.1, 0.15) is 50.8 Å². The zero-order valence-corrected chi connectivity index (χ0v) is 30.4. The summed E-state index contributed by atoms with van der Waals surface area (Å²) >= 11 is 4.63. The van der Waals surface area contributed by atoms with Gasteiger partial charge in [0, 0.05) is 23.5 Å². The molecule has 0 aliphatic carbocycles. The molecule has 13 nitrogen and oxygen atoms in total. The largest absolute Gasteiger partial charge is 0.493 e. The van der Waals surface area contributed by atoms with Gasteiger partial charge >= 0.3 is 6.18 Å². The lowest BCUT2D eigenvalue weighted by Gasteiger charge is -2.33. The fourth-order valence-corrected chi connectivity index (χ4v) is 7.52. The summed E-state index contributed by atoms with van der Waals surface area (Å²) in [6, 6.07) is 15.8. The Morgan fingerprint density at radius 3 is 2.43 bits per heavy atom. The predicted molar refractivity (Wildman–Crippen MR) is 197 cm³/mol. The van der Waals surface area contributed by atoms with Crippen LogP contribution < -0.4 is 30.5 Å². The van der Waals surface area contributed by atoms with E-state index in [9.17, 15) is 32.3 Å². The molecule has 284 valence electrons. The molecule has 3 aliphatic rings. The minimum atomic E-state index is -4.84. The van der Waals surface area contributed by atoms with Crippen LogP contribution in [0.2, 0.25) is 0 Å². The molecule has 0 spiro atoms. The van der Waals surface area contributed by atoms with Crippen molar-refractivity contribution in [2.24, 2.45) is 5.92 Å². The molecule has 4 amide bonds. The number of aromatic nitrogens is 1. The molecular weight excluding hydrogens is 726 g/mol. The van der Waals surface area contributed by atoms with Crippen molar-refractivity contribution in [3.63, 3.8) is 0 Å². The molecular formula is C37H39F3N8O5S. The molecule has 2 aromatic carbocycles. The first-order chi connectivity index (χ1) is 25.6. The lowest BCUT2D eigenvalue weighted by atomic mass is 9.98. The maximum absolute atomic E-state index is 13.6. The number of alkyl halides is 3. The highest BCUT2D eigenvalue weighted by atomic mass is 32.1. The van der Waals surface area contributed by atoms with E-state index >= 15 is 0 Å². The number of ether oxygens (including phenoxy) is 1. The highest BCUT2D eigenvalue weighted by Gasteiger charge is 2.52. The first-order valence-electron chi connectivity index (χ1n) is 17.4. The average molecular weight is 765 g/mol. The number of nitriles is 1. The quantitative estimate of drug-likeness (QED) is 0.168. The van der Waals surface area contributed by atoms with E-state index in [1.54, 1.807) is 67.3 Å². The summed E-state index contributed by atoms with van der Waals surface area (Å²) < 4.78 is 47.0. The topological polar surface area (TPSA) is 160 Å². The second-order valence-electron chi connectivity index (χ2n) is 14.0. The Hall–Kier alpha value is -5.34. The molecule has 3 saturated heterocycles. The molecule has 3 aliphatic heterocycles. The predicted octanol–water partition coefficient (Wildman–Crippen LogP) is 4.76. The summed E-state index contributed by atoms with van der Waals surface area (Å²) in [5, 5.41) is 17.5. The van der Waals surface area contributed by atoms with Gasteiger partial charge < -0.3 is 20.3 Å². The minimum Gasteiger partial charge on any atom is -0.493 e. The number of hydrogen-bond acceptors (Lipinski definition) is 11. The van der Waals surface area contributed by atoms with Gasteiger partial charge in [-0.2, -0.15) is 18.4 Å². The number of thiol groups is 1. The maximum Gasteiger partial charge on any atom is 0.419 e. The monoisotopic (exact) mass is 764 g/mol. The third-order valence-corrected chi connectivity index (χ3v) is 10.2. The smallest absolute Gasteiger partial charge is 0.419 e. The zero-order chi connectivity index (χ0) is 38.8. The normalized spacial score (nSPS) is 20.7. The van der Waals surface area contributed by atoms with Crippen LogP contribution in [0.5, 0.6) is 5.75 Å². The Labute approximate surface area is 315 Å². The molecule has 0 saturated carbocycles. The molecule has 6 rings (SSSR count). The SMILES string of the molecule is CC1(C)C(=O)N(c2cnc(C#N)c(C(F)(F)F)c2)C(S)N1c1ccc(OCC2CCN(CC(=O)Nc3cccc(NC4CCC(=O)NC4=O)c3)CC2)cc1. The number of nitrogens with zero attached hydrogens (tertiary/aromatic N) is 5. The summed E-state index contributed by atoms with van der Waals surface area (Å²) in [4.78, 5) is 58.5. The van der Waals surface area contributed by atoms with Gasteiger partial charge in [0.25, 0.3) is 5.91 Å². The summed E-state index contributed by atoms with van der Waals surface area (Å²) in [6.07, 6.45) is -1.45. The average Bonchev–Trinajstić information content (AvgIpc) is 3.30. The lowest BCUT2D eigenvalue weighted by Crippen LogP contribution is -2.47. The molecule has 2 unspecified atom stereocenters. The number of anilines is 4. The third-order valence-electron chi connectivity index (χ3n) is 9.77. The molecule has 54 heavy (non-hydrogen) atoms. The number of carbonyl (C=O) groups is 4. The minimum absolute atomic E-state index is 0.125. The van der Waals surface area contributed by atoms with Gasteiger partial charge in [0.15, 0.2) is 11.2 Å². The third kappa shape index (κ3) is 8.39. The van der Waals surface area contributed by atoms with Gasteiger partial charge in [-0.25, -0.2) is 4.98 Å². The van der Waals surface area contributed by atoms with E-state index in [1.807, 2.05) is 0 Å². The first-order valence-corrected chi connectivity index (χ1v) is 17.9. The second kappa shape index (κ2) is 15.6. The van der Waals surface area contributed by atoms with E-state index < -0.39 is 40.4 Å². The van der Waals surface area contributed by atoms with Gasteiger partial charge in [0.2, 0.25) is 17.7 Å². The number of rotatable bonds is 10. The molecule has 1 aromatic heterocycles. The van der Waals surface area contributed by atoms with Crippen LogP contribution in [0.25, 0.3) is 0 Å². The van der Waals surface area contributed by atoms with Gasteiger partial charge in [-0.05, 0) is 101 Å². The molecule has 3 fully saturated rings. The highest BCUT2D eigenvalue weighted by molar-refractivity contribution is 7.81. The van der Waals surface area contributed by atoms with Crippen LogP contribution in [0.15, 0.2) is 60.8 Å². The summed E-state index contributed by atoms with van der Waals surface area (Å²) in [6.45, 7) is 5.44. The van der Waals surface area contributed by atoms with Gasteiger partial charge in [0.05, 0.1) is 30.6 Å². The standard InChI is InChI=1S/C37H39F3N8O5S/c1-36(2)34(52)47(26-17-28(37(38,39)40)30(18-41)42-19-26)35(54)48(36)25-6-8-27(9-7-25)53-21-22-12-14-46(15-13-22)20-32(50)44-24-5-3-4-23(16-24)43-29-10-11-31(49)45-33(29)51/h3-9,16-17,19,22,29,35,43,54H,10-15,20-21H2,1-2H3,(H,44,50)(H,45,49,51). The number of carbonyl (C=O) groups excluding carboxylic acids is 4. The second-order valence-corrected chi connectivity index (χ2v) is 14.4. The van der Waals surface area contributed by atoms with Gasteiger partial charge in [-0.15, -0.1) is 12.6 Å². The number of likely N-dealkylation sites (tertiary alicyclic amines) is 1. The number of nitrogens with one attached hydrogen (secondary N) is 3. The van der Waals surface area contributed by atoms with Crippen molar-refractivity contribution in [3.05, 3.63) is 72.1 Å². The van der Waals surface area contributed by atoms with Crippen molar-refractivity contribution >= 4 is 59.0 Å².